The first-order valence-corrected chi connectivity index (χ1v) is 8.40. The maximum absolute atomic E-state index is 12.3. The van der Waals surface area contributed by atoms with Gasteiger partial charge in [-0.1, -0.05) is 0 Å². The molecule has 3 heterocycles. The summed E-state index contributed by atoms with van der Waals surface area (Å²) in [5.74, 6) is 0.302. The van der Waals surface area contributed by atoms with Gasteiger partial charge >= 0.3 is 0 Å². The minimum atomic E-state index is 0.302. The van der Waals surface area contributed by atoms with Crippen LogP contribution in [0.25, 0.3) is 0 Å². The molecular weight excluding hydrogens is 280 g/mol. The predicted molar refractivity (Wildman–Crippen MR) is 83.6 cm³/mol. The summed E-state index contributed by atoms with van der Waals surface area (Å²) < 4.78 is 7.32. The lowest BCUT2D eigenvalue weighted by Gasteiger charge is -2.26. The van der Waals surface area contributed by atoms with Crippen molar-refractivity contribution in [3.05, 3.63) is 18.5 Å². The first kappa shape index (κ1) is 15.5. The molecule has 0 aromatic carbocycles. The molecule has 22 heavy (non-hydrogen) atoms. The van der Waals surface area contributed by atoms with E-state index in [0.717, 1.165) is 65.2 Å². The van der Waals surface area contributed by atoms with Crippen LogP contribution in [0.5, 0.6) is 0 Å². The predicted octanol–water partition coefficient (Wildman–Crippen LogP) is 1.16. The van der Waals surface area contributed by atoms with E-state index in [1.165, 1.54) is 0 Å². The smallest absolute Gasteiger partial charge is 0.222 e. The SMILES string of the molecule is O=C(CCCCN1CCOCC1)N1CCC(n2cccn2)C1. The third kappa shape index (κ3) is 4.08. The van der Waals surface area contributed by atoms with Crippen molar-refractivity contribution in [2.24, 2.45) is 0 Å². The molecule has 0 aliphatic carbocycles. The second-order valence-electron chi connectivity index (χ2n) is 6.18. The van der Waals surface area contributed by atoms with Crippen molar-refractivity contribution in [3.8, 4) is 0 Å². The summed E-state index contributed by atoms with van der Waals surface area (Å²) in [4.78, 5) is 16.7. The van der Waals surface area contributed by atoms with Crippen molar-refractivity contribution in [2.75, 3.05) is 45.9 Å². The van der Waals surface area contributed by atoms with Gasteiger partial charge in [-0.3, -0.25) is 14.4 Å². The Labute approximate surface area is 132 Å². The van der Waals surface area contributed by atoms with E-state index in [-0.39, 0.29) is 0 Å². The van der Waals surface area contributed by atoms with E-state index in [2.05, 4.69) is 10.00 Å². The van der Waals surface area contributed by atoms with Crippen LogP contribution in [0.1, 0.15) is 31.7 Å². The van der Waals surface area contributed by atoms with Gasteiger partial charge in [0, 0.05) is 45.0 Å². The molecule has 1 amide bonds. The largest absolute Gasteiger partial charge is 0.379 e. The number of carbonyl (C=O) groups excluding carboxylic acids is 1. The van der Waals surface area contributed by atoms with Crippen LogP contribution in [0.4, 0.5) is 0 Å². The molecule has 0 bridgehead atoms. The molecule has 6 heteroatoms. The van der Waals surface area contributed by atoms with E-state index < -0.39 is 0 Å². The van der Waals surface area contributed by atoms with Crippen LogP contribution in [0.15, 0.2) is 18.5 Å². The molecule has 0 saturated carbocycles. The number of hydrogen-bond acceptors (Lipinski definition) is 4. The van der Waals surface area contributed by atoms with Gasteiger partial charge in [0.15, 0.2) is 0 Å². The molecule has 1 atom stereocenters. The third-order valence-corrected chi connectivity index (χ3v) is 4.63. The number of rotatable bonds is 6. The highest BCUT2D eigenvalue weighted by Crippen LogP contribution is 2.21. The van der Waals surface area contributed by atoms with Crippen molar-refractivity contribution < 1.29 is 9.53 Å². The molecule has 2 aliphatic heterocycles. The van der Waals surface area contributed by atoms with Crippen LogP contribution in [0.2, 0.25) is 0 Å². The van der Waals surface area contributed by atoms with Crippen LogP contribution in [-0.2, 0) is 9.53 Å². The van der Waals surface area contributed by atoms with Crippen LogP contribution in [-0.4, -0.2) is 71.4 Å². The number of likely N-dealkylation sites (tertiary alicyclic amines) is 1. The second-order valence-corrected chi connectivity index (χ2v) is 6.18. The molecule has 122 valence electrons. The molecule has 3 rings (SSSR count). The zero-order chi connectivity index (χ0) is 15.2. The highest BCUT2D eigenvalue weighted by molar-refractivity contribution is 5.76. The first-order valence-electron chi connectivity index (χ1n) is 8.40. The third-order valence-electron chi connectivity index (χ3n) is 4.63. The van der Waals surface area contributed by atoms with Gasteiger partial charge in [-0.15, -0.1) is 0 Å². The molecule has 6 nitrogen and oxygen atoms in total. The van der Waals surface area contributed by atoms with E-state index in [9.17, 15) is 4.79 Å². The molecule has 2 aliphatic rings. The first-order chi connectivity index (χ1) is 10.8. The summed E-state index contributed by atoms with van der Waals surface area (Å²) >= 11 is 0. The van der Waals surface area contributed by atoms with Gasteiger partial charge in [-0.25, -0.2) is 0 Å². The fourth-order valence-corrected chi connectivity index (χ4v) is 3.28. The van der Waals surface area contributed by atoms with Crippen molar-refractivity contribution >= 4 is 5.91 Å². The van der Waals surface area contributed by atoms with Crippen molar-refractivity contribution in [2.45, 2.75) is 31.7 Å². The van der Waals surface area contributed by atoms with Gasteiger partial charge in [-0.05, 0) is 31.9 Å². The van der Waals surface area contributed by atoms with Crippen molar-refractivity contribution in [1.29, 1.82) is 0 Å². The minimum absolute atomic E-state index is 0.302. The molecular formula is C16H26N4O2. The zero-order valence-electron chi connectivity index (χ0n) is 13.2. The Hall–Kier alpha value is -1.40. The number of nitrogens with zero attached hydrogens (tertiary/aromatic N) is 4. The van der Waals surface area contributed by atoms with Crippen LogP contribution in [0.3, 0.4) is 0 Å². The van der Waals surface area contributed by atoms with Crippen molar-refractivity contribution in [3.63, 3.8) is 0 Å². The van der Waals surface area contributed by atoms with Gasteiger partial charge in [0.05, 0.1) is 19.3 Å². The van der Waals surface area contributed by atoms with E-state index in [1.807, 2.05) is 21.8 Å². The fraction of sp³-hybridized carbons (Fsp3) is 0.750. The molecule has 2 fully saturated rings. The number of ether oxygens (including phenoxy) is 1. The van der Waals surface area contributed by atoms with E-state index in [4.69, 9.17) is 4.74 Å². The number of carbonyl (C=O) groups is 1. The monoisotopic (exact) mass is 306 g/mol. The van der Waals surface area contributed by atoms with Gasteiger partial charge < -0.3 is 9.64 Å². The van der Waals surface area contributed by atoms with Gasteiger partial charge in [0.25, 0.3) is 0 Å². The lowest BCUT2D eigenvalue weighted by atomic mass is 10.2. The van der Waals surface area contributed by atoms with E-state index >= 15 is 0 Å². The lowest BCUT2D eigenvalue weighted by Crippen LogP contribution is -2.37. The summed E-state index contributed by atoms with van der Waals surface area (Å²) in [5, 5.41) is 4.28. The Morgan fingerprint density at radius 2 is 2.09 bits per heavy atom. The highest BCUT2D eigenvalue weighted by Gasteiger charge is 2.27. The minimum Gasteiger partial charge on any atom is -0.379 e. The quantitative estimate of drug-likeness (QED) is 0.740. The van der Waals surface area contributed by atoms with E-state index in [1.54, 1.807) is 6.20 Å². The Bertz CT molecular complexity index is 457. The Morgan fingerprint density at radius 1 is 1.23 bits per heavy atom. The highest BCUT2D eigenvalue weighted by atomic mass is 16.5. The summed E-state index contributed by atoms with van der Waals surface area (Å²) in [6.45, 7) is 6.53. The molecule has 2 saturated heterocycles. The van der Waals surface area contributed by atoms with Crippen LogP contribution >= 0.6 is 0 Å². The summed E-state index contributed by atoms with van der Waals surface area (Å²) in [6.07, 6.45) is 7.57. The number of unbranched alkanes of at least 4 members (excludes halogenated alkanes) is 1. The lowest BCUT2D eigenvalue weighted by molar-refractivity contribution is -0.130. The number of aromatic nitrogens is 2. The fourth-order valence-electron chi connectivity index (χ4n) is 3.28. The Balaban J connectivity index is 1.32. The average molecular weight is 306 g/mol. The van der Waals surface area contributed by atoms with Crippen LogP contribution < -0.4 is 0 Å². The number of morpholine rings is 1. The van der Waals surface area contributed by atoms with Gasteiger partial charge in [0.2, 0.25) is 5.91 Å². The summed E-state index contributed by atoms with van der Waals surface area (Å²) in [6, 6.07) is 2.29. The Morgan fingerprint density at radius 3 is 2.86 bits per heavy atom. The topological polar surface area (TPSA) is 50.6 Å². The Kier molecular flexibility index (Phi) is 5.45. The summed E-state index contributed by atoms with van der Waals surface area (Å²) in [7, 11) is 0. The maximum Gasteiger partial charge on any atom is 0.222 e. The second kappa shape index (κ2) is 7.74. The normalized spacial score (nSPS) is 23.1. The molecule has 1 aromatic rings. The number of amides is 1. The number of hydrogen-bond donors (Lipinski definition) is 0. The van der Waals surface area contributed by atoms with Gasteiger partial charge in [0.1, 0.15) is 0 Å². The average Bonchev–Trinajstić information content (AvgIpc) is 3.22. The van der Waals surface area contributed by atoms with Crippen molar-refractivity contribution in [1.82, 2.24) is 19.6 Å². The molecule has 0 spiro atoms. The maximum atomic E-state index is 12.3. The molecule has 1 aromatic heterocycles. The van der Waals surface area contributed by atoms with E-state index in [0.29, 0.717) is 18.4 Å². The zero-order valence-corrected chi connectivity index (χ0v) is 13.2. The van der Waals surface area contributed by atoms with Gasteiger partial charge in [-0.2, -0.15) is 5.10 Å². The standard InChI is InChI=1S/C16H26N4O2/c21-16(4-1-2-7-18-10-12-22-13-11-18)19-9-5-15(14-19)20-8-3-6-17-20/h3,6,8,15H,1-2,4-5,7,9-14H2. The molecule has 0 radical (unpaired) electrons. The molecule has 1 unspecified atom stereocenters. The molecule has 0 N–H and O–H groups in total. The van der Waals surface area contributed by atoms with Crippen LogP contribution in [0, 0.1) is 0 Å². The summed E-state index contributed by atoms with van der Waals surface area (Å²) in [5.41, 5.74) is 0.